The first-order valence-electron chi connectivity index (χ1n) is 3.03. The van der Waals surface area contributed by atoms with Gasteiger partial charge in [0.05, 0.1) is 6.61 Å². The first-order valence-corrected chi connectivity index (χ1v) is 3.41. The van der Waals surface area contributed by atoms with Gasteiger partial charge >= 0.3 is 0 Å². The van der Waals surface area contributed by atoms with Crippen molar-refractivity contribution in [2.24, 2.45) is 5.90 Å². The van der Waals surface area contributed by atoms with Crippen molar-refractivity contribution in [1.82, 2.24) is 0 Å². The van der Waals surface area contributed by atoms with E-state index >= 15 is 0 Å². The number of phenolic OH excluding ortho intramolecular Hbond substituents is 1. The van der Waals surface area contributed by atoms with Crippen molar-refractivity contribution in [1.29, 1.82) is 0 Å². The predicted molar refractivity (Wildman–Crippen MR) is 42.1 cm³/mol. The minimum atomic E-state index is 0.1000. The van der Waals surface area contributed by atoms with Crippen molar-refractivity contribution in [3.8, 4) is 5.75 Å². The van der Waals surface area contributed by atoms with E-state index in [1.54, 1.807) is 12.1 Å². The lowest BCUT2D eigenvalue weighted by Gasteiger charge is -2.01. The lowest BCUT2D eigenvalue weighted by Crippen LogP contribution is -1.98. The highest BCUT2D eigenvalue weighted by atomic mass is 35.5. The van der Waals surface area contributed by atoms with Crippen LogP contribution >= 0.6 is 11.6 Å². The van der Waals surface area contributed by atoms with E-state index in [1.165, 1.54) is 6.07 Å². The summed E-state index contributed by atoms with van der Waals surface area (Å²) in [6, 6.07) is 4.76. The molecule has 0 fully saturated rings. The number of hydrogen-bond donors (Lipinski definition) is 2. The van der Waals surface area contributed by atoms with Gasteiger partial charge in [-0.1, -0.05) is 17.7 Å². The van der Waals surface area contributed by atoms with Gasteiger partial charge in [-0.3, -0.25) is 4.84 Å². The summed E-state index contributed by atoms with van der Waals surface area (Å²) in [5, 5.41) is 9.69. The van der Waals surface area contributed by atoms with Crippen LogP contribution in [0.4, 0.5) is 0 Å². The molecule has 0 amide bonds. The molecular formula is C7H8ClNO2. The zero-order valence-corrected chi connectivity index (χ0v) is 6.51. The number of halogens is 1. The summed E-state index contributed by atoms with van der Waals surface area (Å²) in [7, 11) is 0. The third-order valence-corrected chi connectivity index (χ3v) is 1.52. The Bertz CT molecular complexity index is 252. The van der Waals surface area contributed by atoms with Crippen molar-refractivity contribution in [3.63, 3.8) is 0 Å². The summed E-state index contributed by atoms with van der Waals surface area (Å²) in [6.45, 7) is 0.184. The Morgan fingerprint density at radius 3 is 2.82 bits per heavy atom. The van der Waals surface area contributed by atoms with Crippen molar-refractivity contribution in [3.05, 3.63) is 28.8 Å². The summed E-state index contributed by atoms with van der Waals surface area (Å²) in [5.41, 5.74) is 0.622. The van der Waals surface area contributed by atoms with E-state index in [4.69, 9.17) is 17.5 Å². The highest BCUT2D eigenvalue weighted by molar-refractivity contribution is 6.30. The van der Waals surface area contributed by atoms with Gasteiger partial charge in [-0.2, -0.15) is 0 Å². The molecule has 0 bridgehead atoms. The second-order valence-corrected chi connectivity index (χ2v) is 2.52. The van der Waals surface area contributed by atoms with Gasteiger partial charge in [0, 0.05) is 10.6 Å². The molecular weight excluding hydrogens is 166 g/mol. The normalized spacial score (nSPS) is 10.0. The maximum Gasteiger partial charge on any atom is 0.122 e. The lowest BCUT2D eigenvalue weighted by molar-refractivity contribution is 0.122. The Kier molecular flexibility index (Phi) is 2.70. The Morgan fingerprint density at radius 1 is 1.55 bits per heavy atom. The molecule has 0 aliphatic heterocycles. The topological polar surface area (TPSA) is 55.5 Å². The van der Waals surface area contributed by atoms with Crippen LogP contribution in [-0.2, 0) is 11.4 Å². The van der Waals surface area contributed by atoms with Crippen LogP contribution < -0.4 is 5.90 Å². The maximum atomic E-state index is 9.20. The van der Waals surface area contributed by atoms with Crippen LogP contribution in [0.2, 0.25) is 5.02 Å². The number of hydrogen-bond acceptors (Lipinski definition) is 3. The fourth-order valence-electron chi connectivity index (χ4n) is 0.749. The van der Waals surface area contributed by atoms with E-state index in [0.29, 0.717) is 10.6 Å². The third-order valence-electron chi connectivity index (χ3n) is 1.29. The molecule has 0 saturated heterocycles. The molecule has 0 spiro atoms. The predicted octanol–water partition coefficient (Wildman–Crippen LogP) is 1.44. The van der Waals surface area contributed by atoms with Gasteiger partial charge in [0.25, 0.3) is 0 Å². The fourth-order valence-corrected chi connectivity index (χ4v) is 0.915. The van der Waals surface area contributed by atoms with E-state index in [-0.39, 0.29) is 12.4 Å². The maximum absolute atomic E-state index is 9.20. The highest BCUT2D eigenvalue weighted by Crippen LogP contribution is 2.21. The Balaban J connectivity index is 2.90. The molecule has 0 unspecified atom stereocenters. The van der Waals surface area contributed by atoms with Crippen molar-refractivity contribution >= 4 is 11.6 Å². The van der Waals surface area contributed by atoms with Gasteiger partial charge in [0.1, 0.15) is 5.75 Å². The van der Waals surface area contributed by atoms with Crippen molar-refractivity contribution in [2.45, 2.75) is 6.61 Å². The Labute approximate surface area is 69.3 Å². The van der Waals surface area contributed by atoms with E-state index in [1.807, 2.05) is 0 Å². The van der Waals surface area contributed by atoms with Crippen LogP contribution in [0, 0.1) is 0 Å². The average Bonchev–Trinajstić information content (AvgIpc) is 1.95. The molecule has 1 aromatic carbocycles. The van der Waals surface area contributed by atoms with Crippen molar-refractivity contribution in [2.75, 3.05) is 0 Å². The number of rotatable bonds is 2. The average molecular weight is 174 g/mol. The summed E-state index contributed by atoms with van der Waals surface area (Å²) < 4.78 is 0. The monoisotopic (exact) mass is 173 g/mol. The molecule has 0 aromatic heterocycles. The van der Waals surface area contributed by atoms with E-state index in [0.717, 1.165) is 0 Å². The minimum Gasteiger partial charge on any atom is -0.508 e. The summed E-state index contributed by atoms with van der Waals surface area (Å²) >= 11 is 5.59. The van der Waals surface area contributed by atoms with E-state index in [9.17, 15) is 5.11 Å². The van der Waals surface area contributed by atoms with Crippen LogP contribution in [-0.4, -0.2) is 5.11 Å². The zero-order chi connectivity index (χ0) is 8.27. The van der Waals surface area contributed by atoms with E-state index in [2.05, 4.69) is 4.84 Å². The molecule has 1 aromatic rings. The quantitative estimate of drug-likeness (QED) is 0.666. The molecule has 3 nitrogen and oxygen atoms in total. The van der Waals surface area contributed by atoms with Gasteiger partial charge in [-0.05, 0) is 12.1 Å². The van der Waals surface area contributed by atoms with Crippen LogP contribution in [0.5, 0.6) is 5.75 Å². The van der Waals surface area contributed by atoms with E-state index < -0.39 is 0 Å². The third kappa shape index (κ3) is 2.08. The molecule has 0 atom stereocenters. The largest absolute Gasteiger partial charge is 0.508 e. The SMILES string of the molecule is NOCc1ccc(Cl)cc1O. The highest BCUT2D eigenvalue weighted by Gasteiger charge is 2.00. The molecule has 3 N–H and O–H groups in total. The summed E-state index contributed by atoms with van der Waals surface area (Å²) in [4.78, 5) is 4.35. The lowest BCUT2D eigenvalue weighted by atomic mass is 10.2. The molecule has 0 radical (unpaired) electrons. The number of phenols is 1. The number of nitrogens with two attached hydrogens (primary N) is 1. The van der Waals surface area contributed by atoms with Gasteiger partial charge in [-0.15, -0.1) is 0 Å². The molecule has 1 rings (SSSR count). The standard InChI is InChI=1S/C7H8ClNO2/c8-6-2-1-5(4-11-9)7(10)3-6/h1-3,10H,4,9H2. The van der Waals surface area contributed by atoms with Gasteiger partial charge in [0.15, 0.2) is 0 Å². The second kappa shape index (κ2) is 3.57. The Morgan fingerprint density at radius 2 is 2.27 bits per heavy atom. The fraction of sp³-hybridized carbons (Fsp3) is 0.143. The second-order valence-electron chi connectivity index (χ2n) is 2.08. The molecule has 0 aliphatic rings. The van der Waals surface area contributed by atoms with Crippen LogP contribution in [0.25, 0.3) is 0 Å². The van der Waals surface area contributed by atoms with Gasteiger partial charge in [0.2, 0.25) is 0 Å². The Hall–Kier alpha value is -0.770. The van der Waals surface area contributed by atoms with Crippen LogP contribution in [0.15, 0.2) is 18.2 Å². The van der Waals surface area contributed by atoms with Crippen molar-refractivity contribution < 1.29 is 9.94 Å². The molecule has 60 valence electrons. The molecule has 4 heteroatoms. The van der Waals surface area contributed by atoms with Crippen LogP contribution in [0.3, 0.4) is 0 Å². The molecule has 11 heavy (non-hydrogen) atoms. The van der Waals surface area contributed by atoms with Gasteiger partial charge in [-0.25, -0.2) is 5.90 Å². The smallest absolute Gasteiger partial charge is 0.122 e. The molecule has 0 aliphatic carbocycles. The molecule has 0 saturated carbocycles. The first kappa shape index (κ1) is 8.33. The summed E-state index contributed by atoms with van der Waals surface area (Å²) in [6.07, 6.45) is 0. The molecule has 0 heterocycles. The minimum absolute atomic E-state index is 0.1000. The summed E-state index contributed by atoms with van der Waals surface area (Å²) in [5.74, 6) is 4.92. The first-order chi connectivity index (χ1) is 5.24. The number of aromatic hydroxyl groups is 1. The van der Waals surface area contributed by atoms with Gasteiger partial charge < -0.3 is 5.11 Å². The zero-order valence-electron chi connectivity index (χ0n) is 5.75. The van der Waals surface area contributed by atoms with Crippen LogP contribution in [0.1, 0.15) is 5.56 Å². The number of benzene rings is 1.